The molecular weight excluding hydrogens is 398 g/mol. The van der Waals surface area contributed by atoms with Gasteiger partial charge < -0.3 is 14.8 Å². The number of aryl methyl sites for hydroxylation is 1. The summed E-state index contributed by atoms with van der Waals surface area (Å²) in [7, 11) is 0. The Balaban J connectivity index is 1.26. The lowest BCUT2D eigenvalue weighted by Gasteiger charge is -2.21. The van der Waals surface area contributed by atoms with E-state index in [0.717, 1.165) is 47.3 Å². The minimum Gasteiger partial charge on any atom is -0.489 e. The lowest BCUT2D eigenvalue weighted by Crippen LogP contribution is -2.08. The number of nitrogens with zero attached hydrogens (tertiary/aromatic N) is 2. The van der Waals surface area contributed by atoms with Gasteiger partial charge in [-0.3, -0.25) is 4.98 Å². The van der Waals surface area contributed by atoms with E-state index in [1.807, 2.05) is 54.7 Å². The Morgan fingerprint density at radius 1 is 1.00 bits per heavy atom. The number of ether oxygens (including phenoxy) is 2. The molecule has 0 unspecified atom stereocenters. The summed E-state index contributed by atoms with van der Waals surface area (Å²) in [6.45, 7) is 3.29. The predicted octanol–water partition coefficient (Wildman–Crippen LogP) is 6.85. The molecule has 1 aliphatic carbocycles. The van der Waals surface area contributed by atoms with Crippen molar-refractivity contribution in [2.75, 3.05) is 11.9 Å². The number of benzene rings is 1. The van der Waals surface area contributed by atoms with Crippen molar-refractivity contribution in [3.05, 3.63) is 72.1 Å². The summed E-state index contributed by atoms with van der Waals surface area (Å²) in [6.07, 6.45) is 13.0. The van der Waals surface area contributed by atoms with Crippen molar-refractivity contribution < 1.29 is 9.47 Å². The normalized spacial score (nSPS) is 14.2. The van der Waals surface area contributed by atoms with Crippen LogP contribution in [0.1, 0.15) is 56.1 Å². The van der Waals surface area contributed by atoms with Crippen LogP contribution in [0.15, 0.2) is 60.9 Å². The minimum atomic E-state index is 0.502. The highest BCUT2D eigenvalue weighted by molar-refractivity contribution is 5.62. The molecule has 168 valence electrons. The zero-order chi connectivity index (χ0) is 22.0. The van der Waals surface area contributed by atoms with E-state index in [9.17, 15) is 0 Å². The molecule has 0 saturated heterocycles. The van der Waals surface area contributed by atoms with Crippen LogP contribution in [-0.4, -0.2) is 16.6 Å². The van der Waals surface area contributed by atoms with Crippen LogP contribution in [0.25, 0.3) is 0 Å². The molecule has 1 aliphatic rings. The van der Waals surface area contributed by atoms with Gasteiger partial charge in [0.2, 0.25) is 5.88 Å². The van der Waals surface area contributed by atoms with Crippen LogP contribution in [0.2, 0.25) is 0 Å². The highest BCUT2D eigenvalue weighted by atomic mass is 16.5. The highest BCUT2D eigenvalue weighted by Gasteiger charge is 2.13. The standard InChI is InChI=1S/C27H33N3O2/c1-21-18-24(32-20-23-10-6-16-28-19-23)14-15-25(21)29-26-12-5-13-27(30-26)31-17-7-11-22-8-3-2-4-9-22/h5-6,10,12-16,18-19,22H,2-4,7-9,11,17,20H2,1H3,(H,29,30). The smallest absolute Gasteiger partial charge is 0.215 e. The Bertz CT molecular complexity index is 972. The quantitative estimate of drug-likeness (QED) is 0.356. The van der Waals surface area contributed by atoms with Gasteiger partial charge in [0.05, 0.1) is 6.61 Å². The fourth-order valence-corrected chi connectivity index (χ4v) is 4.24. The van der Waals surface area contributed by atoms with Crippen molar-refractivity contribution in [3.63, 3.8) is 0 Å². The van der Waals surface area contributed by atoms with Gasteiger partial charge in [0.25, 0.3) is 0 Å². The van der Waals surface area contributed by atoms with Crippen LogP contribution in [-0.2, 0) is 6.61 Å². The molecule has 4 rings (SSSR count). The molecule has 1 N–H and O–H groups in total. The average Bonchev–Trinajstić information content (AvgIpc) is 2.84. The Kier molecular flexibility index (Phi) is 7.96. The van der Waals surface area contributed by atoms with Gasteiger partial charge in [-0.2, -0.15) is 4.98 Å². The lowest BCUT2D eigenvalue weighted by atomic mass is 9.86. The number of anilines is 2. The van der Waals surface area contributed by atoms with Crippen molar-refractivity contribution >= 4 is 11.5 Å². The average molecular weight is 432 g/mol. The van der Waals surface area contributed by atoms with Crippen molar-refractivity contribution in [2.24, 2.45) is 5.92 Å². The second kappa shape index (κ2) is 11.5. The van der Waals surface area contributed by atoms with Crippen LogP contribution in [0, 0.1) is 12.8 Å². The molecule has 5 heteroatoms. The largest absolute Gasteiger partial charge is 0.489 e. The number of hydrogen-bond donors (Lipinski definition) is 1. The van der Waals surface area contributed by atoms with E-state index in [0.29, 0.717) is 12.5 Å². The molecule has 0 radical (unpaired) electrons. The third kappa shape index (κ3) is 6.71. The van der Waals surface area contributed by atoms with Crippen molar-refractivity contribution in [3.8, 4) is 11.6 Å². The minimum absolute atomic E-state index is 0.502. The van der Waals surface area contributed by atoms with Crippen molar-refractivity contribution in [1.29, 1.82) is 0 Å². The first-order chi connectivity index (χ1) is 15.8. The summed E-state index contributed by atoms with van der Waals surface area (Å²) in [5.41, 5.74) is 3.14. The van der Waals surface area contributed by atoms with Crippen LogP contribution in [0.3, 0.4) is 0 Å². The van der Waals surface area contributed by atoms with Gasteiger partial charge >= 0.3 is 0 Å². The molecule has 1 fully saturated rings. The SMILES string of the molecule is Cc1cc(OCc2cccnc2)ccc1Nc1cccc(OCCCC2CCCCC2)n1. The van der Waals surface area contributed by atoms with Crippen LogP contribution < -0.4 is 14.8 Å². The van der Waals surface area contributed by atoms with E-state index in [1.54, 1.807) is 6.20 Å². The summed E-state index contributed by atoms with van der Waals surface area (Å²) in [5, 5.41) is 3.40. The van der Waals surface area contributed by atoms with Gasteiger partial charge in [0.15, 0.2) is 0 Å². The molecule has 0 aliphatic heterocycles. The van der Waals surface area contributed by atoms with Gasteiger partial charge in [-0.05, 0) is 61.6 Å². The molecule has 3 aromatic rings. The molecule has 2 heterocycles. The molecule has 2 aromatic heterocycles. The number of nitrogens with one attached hydrogen (secondary N) is 1. The Hall–Kier alpha value is -3.08. The Morgan fingerprint density at radius 2 is 1.91 bits per heavy atom. The molecule has 0 atom stereocenters. The van der Waals surface area contributed by atoms with E-state index < -0.39 is 0 Å². The van der Waals surface area contributed by atoms with Crippen LogP contribution in [0.5, 0.6) is 11.6 Å². The molecule has 5 nitrogen and oxygen atoms in total. The fraction of sp³-hybridized carbons (Fsp3) is 0.407. The van der Waals surface area contributed by atoms with E-state index in [4.69, 9.17) is 9.47 Å². The molecule has 32 heavy (non-hydrogen) atoms. The predicted molar refractivity (Wildman–Crippen MR) is 129 cm³/mol. The molecule has 1 saturated carbocycles. The summed E-state index contributed by atoms with van der Waals surface area (Å²) in [6, 6.07) is 15.8. The first-order valence-electron chi connectivity index (χ1n) is 11.8. The monoisotopic (exact) mass is 431 g/mol. The Morgan fingerprint density at radius 3 is 2.72 bits per heavy atom. The second-order valence-electron chi connectivity index (χ2n) is 8.61. The van der Waals surface area contributed by atoms with Crippen molar-refractivity contribution in [1.82, 2.24) is 9.97 Å². The highest BCUT2D eigenvalue weighted by Crippen LogP contribution is 2.28. The van der Waals surface area contributed by atoms with E-state index in [1.165, 1.54) is 38.5 Å². The van der Waals surface area contributed by atoms with Crippen LogP contribution >= 0.6 is 0 Å². The summed E-state index contributed by atoms with van der Waals surface area (Å²) < 4.78 is 11.8. The van der Waals surface area contributed by atoms with E-state index >= 15 is 0 Å². The topological polar surface area (TPSA) is 56.3 Å². The number of aromatic nitrogens is 2. The van der Waals surface area contributed by atoms with Gasteiger partial charge in [0.1, 0.15) is 18.2 Å². The van der Waals surface area contributed by atoms with Gasteiger partial charge in [0, 0.05) is 29.7 Å². The first-order valence-corrected chi connectivity index (χ1v) is 11.8. The maximum Gasteiger partial charge on any atom is 0.215 e. The lowest BCUT2D eigenvalue weighted by molar-refractivity contribution is 0.263. The Labute approximate surface area is 191 Å². The summed E-state index contributed by atoms with van der Waals surface area (Å²) >= 11 is 0. The second-order valence-corrected chi connectivity index (χ2v) is 8.61. The van der Waals surface area contributed by atoms with Gasteiger partial charge in [-0.1, -0.05) is 44.2 Å². The third-order valence-corrected chi connectivity index (χ3v) is 6.04. The van der Waals surface area contributed by atoms with Gasteiger partial charge in [-0.25, -0.2) is 0 Å². The molecule has 0 bridgehead atoms. The van der Waals surface area contributed by atoms with Gasteiger partial charge in [-0.15, -0.1) is 0 Å². The molecule has 1 aromatic carbocycles. The fourth-order valence-electron chi connectivity index (χ4n) is 4.24. The zero-order valence-corrected chi connectivity index (χ0v) is 18.9. The summed E-state index contributed by atoms with van der Waals surface area (Å²) in [5.74, 6) is 3.18. The maximum absolute atomic E-state index is 5.92. The first kappa shape index (κ1) is 22.1. The maximum atomic E-state index is 5.92. The number of rotatable bonds is 10. The van der Waals surface area contributed by atoms with E-state index in [-0.39, 0.29) is 0 Å². The molecular formula is C27H33N3O2. The third-order valence-electron chi connectivity index (χ3n) is 6.04. The van der Waals surface area contributed by atoms with E-state index in [2.05, 4.69) is 22.2 Å². The number of hydrogen-bond acceptors (Lipinski definition) is 5. The van der Waals surface area contributed by atoms with Crippen molar-refractivity contribution in [2.45, 2.75) is 58.5 Å². The molecule has 0 spiro atoms. The number of pyridine rings is 2. The zero-order valence-electron chi connectivity index (χ0n) is 18.9. The molecule has 0 amide bonds. The summed E-state index contributed by atoms with van der Waals surface area (Å²) in [4.78, 5) is 8.74. The van der Waals surface area contributed by atoms with Crippen LogP contribution in [0.4, 0.5) is 11.5 Å².